The molecule has 0 spiro atoms. The lowest BCUT2D eigenvalue weighted by Crippen LogP contribution is -2.21. The molecule has 0 unspecified atom stereocenters. The maximum absolute atomic E-state index is 13.2. The summed E-state index contributed by atoms with van der Waals surface area (Å²) >= 11 is 0. The van der Waals surface area contributed by atoms with E-state index in [0.717, 1.165) is 5.56 Å². The number of alkyl halides is 3. The van der Waals surface area contributed by atoms with Crippen molar-refractivity contribution in [3.05, 3.63) is 65.5 Å². The number of aromatic nitrogens is 2. The van der Waals surface area contributed by atoms with E-state index in [0.29, 0.717) is 4.57 Å². The van der Waals surface area contributed by atoms with Crippen molar-refractivity contribution in [1.82, 2.24) is 9.55 Å². The highest BCUT2D eigenvalue weighted by atomic mass is 19.4. The molecule has 0 amide bonds. The van der Waals surface area contributed by atoms with Gasteiger partial charge in [0.1, 0.15) is 0 Å². The first kappa shape index (κ1) is 14.3. The first-order valence-corrected chi connectivity index (χ1v) is 6.54. The Morgan fingerprint density at radius 2 is 1.68 bits per heavy atom. The maximum atomic E-state index is 13.2. The Balaban J connectivity index is 2.24. The van der Waals surface area contributed by atoms with E-state index in [1.54, 1.807) is 24.3 Å². The van der Waals surface area contributed by atoms with Crippen LogP contribution in [0.1, 0.15) is 21.7 Å². The van der Waals surface area contributed by atoms with Crippen LogP contribution in [0.25, 0.3) is 11.0 Å². The zero-order valence-corrected chi connectivity index (χ0v) is 11.6. The van der Waals surface area contributed by atoms with Crippen LogP contribution in [0.5, 0.6) is 0 Å². The van der Waals surface area contributed by atoms with Crippen molar-refractivity contribution in [2.75, 3.05) is 0 Å². The summed E-state index contributed by atoms with van der Waals surface area (Å²) in [6.07, 6.45) is -4.71. The summed E-state index contributed by atoms with van der Waals surface area (Å²) < 4.78 is 40.2. The molecule has 0 saturated heterocycles. The van der Waals surface area contributed by atoms with Gasteiger partial charge >= 0.3 is 6.18 Å². The molecule has 0 N–H and O–H groups in total. The Bertz CT molecular complexity index is 848. The van der Waals surface area contributed by atoms with Crippen molar-refractivity contribution >= 4 is 16.9 Å². The SMILES string of the molecule is Cc1ccc(C(=O)n2c(C(F)(F)F)nc3ccccc32)cc1. The Kier molecular flexibility index (Phi) is 3.24. The Hall–Kier alpha value is -2.63. The molecule has 0 fully saturated rings. The van der Waals surface area contributed by atoms with Crippen molar-refractivity contribution in [2.24, 2.45) is 0 Å². The second-order valence-electron chi connectivity index (χ2n) is 4.93. The predicted octanol–water partition coefficient (Wildman–Crippen LogP) is 4.05. The van der Waals surface area contributed by atoms with Crippen molar-refractivity contribution in [1.29, 1.82) is 0 Å². The van der Waals surface area contributed by atoms with Gasteiger partial charge in [-0.05, 0) is 31.2 Å². The third-order valence-electron chi connectivity index (χ3n) is 3.32. The molecule has 3 nitrogen and oxygen atoms in total. The number of imidazole rings is 1. The number of hydrogen-bond donors (Lipinski definition) is 0. The van der Waals surface area contributed by atoms with E-state index >= 15 is 0 Å². The fourth-order valence-corrected chi connectivity index (χ4v) is 2.25. The molecular weight excluding hydrogens is 293 g/mol. The number of nitrogens with zero attached hydrogens (tertiary/aromatic N) is 2. The number of carbonyl (C=O) groups excluding carboxylic acids is 1. The summed E-state index contributed by atoms with van der Waals surface area (Å²) in [5.74, 6) is -1.96. The van der Waals surface area contributed by atoms with Crippen LogP contribution >= 0.6 is 0 Å². The lowest BCUT2D eigenvalue weighted by molar-refractivity contribution is -0.145. The van der Waals surface area contributed by atoms with Crippen LogP contribution in [-0.2, 0) is 6.18 Å². The molecule has 1 heterocycles. The summed E-state index contributed by atoms with van der Waals surface area (Å²) in [6, 6.07) is 12.4. The zero-order valence-electron chi connectivity index (χ0n) is 11.6. The van der Waals surface area contributed by atoms with Crippen LogP contribution in [0, 0.1) is 6.92 Å². The van der Waals surface area contributed by atoms with E-state index in [2.05, 4.69) is 4.98 Å². The molecule has 0 aliphatic rings. The van der Waals surface area contributed by atoms with Gasteiger partial charge in [0, 0.05) is 5.56 Å². The minimum atomic E-state index is -4.71. The maximum Gasteiger partial charge on any atom is 0.450 e. The minimum Gasteiger partial charge on any atom is -0.268 e. The van der Waals surface area contributed by atoms with Crippen molar-refractivity contribution in [3.63, 3.8) is 0 Å². The average Bonchev–Trinajstić information content (AvgIpc) is 2.87. The van der Waals surface area contributed by atoms with Crippen molar-refractivity contribution < 1.29 is 18.0 Å². The van der Waals surface area contributed by atoms with E-state index in [-0.39, 0.29) is 16.6 Å². The number of carbonyl (C=O) groups is 1. The summed E-state index contributed by atoms with van der Waals surface area (Å²) in [4.78, 5) is 16.1. The quantitative estimate of drug-likeness (QED) is 0.679. The van der Waals surface area contributed by atoms with E-state index in [4.69, 9.17) is 0 Å². The lowest BCUT2D eigenvalue weighted by atomic mass is 10.1. The number of halogens is 3. The second kappa shape index (κ2) is 4.98. The molecule has 1 aromatic heterocycles. The molecule has 0 aliphatic heterocycles. The summed E-state index contributed by atoms with van der Waals surface area (Å²) in [5, 5.41) is 0. The molecule has 0 aliphatic carbocycles. The van der Waals surface area contributed by atoms with Crippen LogP contribution in [0.2, 0.25) is 0 Å². The molecular formula is C16H11F3N2O. The topological polar surface area (TPSA) is 34.9 Å². The monoisotopic (exact) mass is 304 g/mol. The van der Waals surface area contributed by atoms with Crippen LogP contribution in [0.3, 0.4) is 0 Å². The smallest absolute Gasteiger partial charge is 0.268 e. The van der Waals surface area contributed by atoms with Crippen LogP contribution in [0.4, 0.5) is 13.2 Å². The molecule has 0 bridgehead atoms. The zero-order chi connectivity index (χ0) is 15.9. The molecule has 0 saturated carbocycles. The molecule has 3 aromatic rings. The molecule has 2 aromatic carbocycles. The van der Waals surface area contributed by atoms with Crippen LogP contribution in [-0.4, -0.2) is 15.5 Å². The Labute approximate surface area is 124 Å². The van der Waals surface area contributed by atoms with Gasteiger partial charge in [0.15, 0.2) is 0 Å². The number of aryl methyl sites for hydroxylation is 1. The van der Waals surface area contributed by atoms with Gasteiger partial charge in [-0.2, -0.15) is 13.2 Å². The van der Waals surface area contributed by atoms with Gasteiger partial charge in [-0.1, -0.05) is 29.8 Å². The Morgan fingerprint density at radius 1 is 1.05 bits per heavy atom. The normalized spacial score (nSPS) is 11.8. The molecule has 0 radical (unpaired) electrons. The highest BCUT2D eigenvalue weighted by Crippen LogP contribution is 2.32. The highest BCUT2D eigenvalue weighted by Gasteiger charge is 2.39. The molecule has 22 heavy (non-hydrogen) atoms. The summed E-state index contributed by atoms with van der Waals surface area (Å²) in [7, 11) is 0. The van der Waals surface area contributed by atoms with Gasteiger partial charge < -0.3 is 0 Å². The Morgan fingerprint density at radius 3 is 2.32 bits per heavy atom. The first-order chi connectivity index (χ1) is 10.4. The molecule has 3 rings (SSSR count). The number of rotatable bonds is 1. The summed E-state index contributed by atoms with van der Waals surface area (Å²) in [6.45, 7) is 1.84. The fourth-order valence-electron chi connectivity index (χ4n) is 2.25. The third-order valence-corrected chi connectivity index (χ3v) is 3.32. The van der Waals surface area contributed by atoms with Crippen LogP contribution < -0.4 is 0 Å². The standard InChI is InChI=1S/C16H11F3N2O/c1-10-6-8-11(9-7-10)14(22)21-13-5-3-2-4-12(13)20-15(21)16(17,18)19/h2-9H,1H3. The fraction of sp³-hybridized carbons (Fsp3) is 0.125. The molecule has 6 heteroatoms. The number of para-hydroxylation sites is 2. The average molecular weight is 304 g/mol. The minimum absolute atomic E-state index is 0.135. The van der Waals surface area contributed by atoms with Gasteiger partial charge in [-0.15, -0.1) is 0 Å². The highest BCUT2D eigenvalue weighted by molar-refractivity contribution is 6.01. The van der Waals surface area contributed by atoms with E-state index in [1.807, 2.05) is 6.92 Å². The van der Waals surface area contributed by atoms with E-state index in [9.17, 15) is 18.0 Å². The lowest BCUT2D eigenvalue weighted by Gasteiger charge is -2.10. The predicted molar refractivity (Wildman–Crippen MR) is 75.6 cm³/mol. The first-order valence-electron chi connectivity index (χ1n) is 6.54. The van der Waals surface area contributed by atoms with Crippen molar-refractivity contribution in [3.8, 4) is 0 Å². The second-order valence-corrected chi connectivity index (χ2v) is 4.93. The molecule has 112 valence electrons. The van der Waals surface area contributed by atoms with Gasteiger partial charge in [0.25, 0.3) is 5.91 Å². The van der Waals surface area contributed by atoms with Crippen molar-refractivity contribution in [2.45, 2.75) is 13.1 Å². The van der Waals surface area contributed by atoms with E-state index < -0.39 is 17.9 Å². The van der Waals surface area contributed by atoms with Gasteiger partial charge in [0.2, 0.25) is 5.82 Å². The number of fused-ring (bicyclic) bond motifs is 1. The van der Waals surface area contributed by atoms with E-state index in [1.165, 1.54) is 24.3 Å². The largest absolute Gasteiger partial charge is 0.450 e. The third kappa shape index (κ3) is 2.36. The number of benzene rings is 2. The summed E-state index contributed by atoms with van der Waals surface area (Å²) in [5.41, 5.74) is 1.37. The van der Waals surface area contributed by atoms with Crippen LogP contribution in [0.15, 0.2) is 48.5 Å². The van der Waals surface area contributed by atoms with Gasteiger partial charge in [-0.3, -0.25) is 9.36 Å². The van der Waals surface area contributed by atoms with Gasteiger partial charge in [-0.25, -0.2) is 4.98 Å². The molecule has 0 atom stereocenters. The number of hydrogen-bond acceptors (Lipinski definition) is 2. The van der Waals surface area contributed by atoms with Gasteiger partial charge in [0.05, 0.1) is 11.0 Å².